The number of piperidine rings is 1. The zero-order valence-electron chi connectivity index (χ0n) is 19.4. The summed E-state index contributed by atoms with van der Waals surface area (Å²) in [5, 5.41) is 3.33. The number of benzene rings is 1. The molecule has 4 rings (SSSR count). The van der Waals surface area contributed by atoms with Gasteiger partial charge in [0.2, 0.25) is 5.91 Å². The molecule has 6 heteroatoms. The molecule has 4 atom stereocenters. The third kappa shape index (κ3) is 4.68. The Labute approximate surface area is 186 Å². The lowest BCUT2D eigenvalue weighted by Crippen LogP contribution is -2.53. The highest BCUT2D eigenvalue weighted by atomic mass is 16.5. The summed E-state index contributed by atoms with van der Waals surface area (Å²) in [5.41, 5.74) is 1.96. The Kier molecular flexibility index (Phi) is 6.44. The van der Waals surface area contributed by atoms with Gasteiger partial charge in [-0.1, -0.05) is 32.8 Å². The summed E-state index contributed by atoms with van der Waals surface area (Å²) in [6.07, 6.45) is 4.97. The highest BCUT2D eigenvalue weighted by molar-refractivity contribution is 5.94. The first-order valence-electron chi connectivity index (χ1n) is 12.0. The first-order valence-corrected chi connectivity index (χ1v) is 12.0. The van der Waals surface area contributed by atoms with Crippen molar-refractivity contribution < 1.29 is 14.3 Å². The molecule has 1 aliphatic carbocycles. The molecule has 4 unspecified atom stereocenters. The number of hydrogen-bond acceptors (Lipinski definition) is 3. The van der Waals surface area contributed by atoms with Crippen LogP contribution in [0.4, 0.5) is 10.5 Å². The van der Waals surface area contributed by atoms with Crippen molar-refractivity contribution >= 4 is 17.6 Å². The van der Waals surface area contributed by atoms with E-state index in [1.54, 1.807) is 0 Å². The lowest BCUT2D eigenvalue weighted by atomic mass is 9.78. The molecule has 0 aromatic heterocycles. The van der Waals surface area contributed by atoms with E-state index in [9.17, 15) is 9.59 Å². The highest BCUT2D eigenvalue weighted by Gasteiger charge is 2.35. The van der Waals surface area contributed by atoms with Crippen LogP contribution >= 0.6 is 0 Å². The average Bonchev–Trinajstić information content (AvgIpc) is 2.76. The molecular weight excluding hydrogens is 390 g/mol. The maximum absolute atomic E-state index is 13.3. The van der Waals surface area contributed by atoms with Crippen molar-refractivity contribution in [1.82, 2.24) is 10.2 Å². The number of fused-ring (bicyclic) bond motifs is 1. The van der Waals surface area contributed by atoms with E-state index in [1.165, 1.54) is 12.8 Å². The average molecular weight is 428 g/mol. The summed E-state index contributed by atoms with van der Waals surface area (Å²) in [6.45, 7) is 10.4. The van der Waals surface area contributed by atoms with Crippen molar-refractivity contribution in [3.63, 3.8) is 0 Å². The predicted molar refractivity (Wildman–Crippen MR) is 122 cm³/mol. The molecule has 3 amide bonds. The topological polar surface area (TPSA) is 61.9 Å². The number of nitrogens with one attached hydrogen (secondary N) is 1. The molecule has 1 aromatic rings. The number of ether oxygens (including phenoxy) is 1. The number of rotatable bonds is 2. The number of carbonyl (C=O) groups excluding carboxylic acids is 2. The van der Waals surface area contributed by atoms with Crippen LogP contribution in [-0.2, 0) is 4.79 Å². The van der Waals surface area contributed by atoms with Gasteiger partial charge in [0.1, 0.15) is 11.9 Å². The monoisotopic (exact) mass is 427 g/mol. The van der Waals surface area contributed by atoms with Gasteiger partial charge in [-0.05, 0) is 62.6 Å². The molecule has 1 N–H and O–H groups in total. The number of hydrogen-bond donors (Lipinski definition) is 1. The van der Waals surface area contributed by atoms with Gasteiger partial charge in [0.15, 0.2) is 0 Å². The maximum atomic E-state index is 13.3. The lowest BCUT2D eigenvalue weighted by molar-refractivity contribution is -0.127. The minimum absolute atomic E-state index is 0.00614. The number of amides is 3. The van der Waals surface area contributed by atoms with Crippen LogP contribution in [0.2, 0.25) is 0 Å². The second kappa shape index (κ2) is 9.09. The smallest absolute Gasteiger partial charge is 0.324 e. The second-order valence-corrected chi connectivity index (χ2v) is 9.94. The fraction of sp³-hybridized carbons (Fsp3) is 0.680. The molecule has 31 heavy (non-hydrogen) atoms. The zero-order chi connectivity index (χ0) is 22.1. The number of nitrogens with zero attached hydrogens (tertiary/aromatic N) is 2. The van der Waals surface area contributed by atoms with Gasteiger partial charge >= 0.3 is 6.03 Å². The quantitative estimate of drug-likeness (QED) is 0.763. The van der Waals surface area contributed by atoms with Gasteiger partial charge in [-0.3, -0.25) is 9.69 Å². The van der Waals surface area contributed by atoms with Crippen LogP contribution in [0, 0.1) is 24.7 Å². The van der Waals surface area contributed by atoms with Crippen molar-refractivity contribution in [2.75, 3.05) is 24.5 Å². The SMILES string of the molecule is Cc1ccc2c(c1)N(C(=O)N1CCC(C(=O)NC3CCCC(C)C3C)CC1)CC(C)O2. The molecule has 1 aromatic carbocycles. The van der Waals surface area contributed by atoms with Gasteiger partial charge in [0.25, 0.3) is 0 Å². The van der Waals surface area contributed by atoms with Crippen LogP contribution in [0.15, 0.2) is 18.2 Å². The van der Waals surface area contributed by atoms with Gasteiger partial charge in [-0.15, -0.1) is 0 Å². The van der Waals surface area contributed by atoms with Crippen molar-refractivity contribution in [2.24, 2.45) is 17.8 Å². The van der Waals surface area contributed by atoms with Crippen LogP contribution in [-0.4, -0.2) is 48.6 Å². The number of anilines is 1. The summed E-state index contributed by atoms with van der Waals surface area (Å²) in [6, 6.07) is 6.30. The van der Waals surface area contributed by atoms with Crippen LogP contribution < -0.4 is 15.0 Å². The Balaban J connectivity index is 1.35. The summed E-state index contributed by atoms with van der Waals surface area (Å²) in [7, 11) is 0. The molecule has 0 bridgehead atoms. The Bertz CT molecular complexity index is 818. The lowest BCUT2D eigenvalue weighted by Gasteiger charge is -2.40. The molecule has 0 radical (unpaired) electrons. The zero-order valence-corrected chi connectivity index (χ0v) is 19.4. The van der Waals surface area contributed by atoms with Crippen molar-refractivity contribution in [3.8, 4) is 5.75 Å². The molecule has 170 valence electrons. The number of urea groups is 1. The molecule has 1 saturated carbocycles. The molecule has 3 aliphatic rings. The number of likely N-dealkylation sites (tertiary alicyclic amines) is 1. The highest BCUT2D eigenvalue weighted by Crippen LogP contribution is 2.35. The minimum Gasteiger partial charge on any atom is -0.487 e. The summed E-state index contributed by atoms with van der Waals surface area (Å²) in [4.78, 5) is 30.0. The first kappa shape index (κ1) is 22.0. The van der Waals surface area contributed by atoms with Crippen molar-refractivity contribution in [3.05, 3.63) is 23.8 Å². The van der Waals surface area contributed by atoms with Crippen molar-refractivity contribution in [2.45, 2.75) is 71.9 Å². The van der Waals surface area contributed by atoms with Crippen molar-refractivity contribution in [1.29, 1.82) is 0 Å². The Morgan fingerprint density at radius 1 is 1.06 bits per heavy atom. The van der Waals surface area contributed by atoms with Crippen LogP contribution in [0.1, 0.15) is 58.4 Å². The van der Waals surface area contributed by atoms with E-state index in [0.29, 0.717) is 37.5 Å². The number of aryl methyl sites for hydroxylation is 1. The van der Waals surface area contributed by atoms with Crippen LogP contribution in [0.3, 0.4) is 0 Å². The second-order valence-electron chi connectivity index (χ2n) is 9.94. The van der Waals surface area contributed by atoms with Gasteiger partial charge in [-0.2, -0.15) is 0 Å². The van der Waals surface area contributed by atoms with Crippen LogP contribution in [0.25, 0.3) is 0 Å². The van der Waals surface area contributed by atoms with E-state index in [-0.39, 0.29) is 24.0 Å². The van der Waals surface area contributed by atoms with E-state index in [2.05, 4.69) is 19.2 Å². The van der Waals surface area contributed by atoms with Gasteiger partial charge in [0.05, 0.1) is 12.2 Å². The molecule has 0 spiro atoms. The molecule has 6 nitrogen and oxygen atoms in total. The molecule has 2 aliphatic heterocycles. The fourth-order valence-corrected chi connectivity index (χ4v) is 5.32. The van der Waals surface area contributed by atoms with E-state index in [0.717, 1.165) is 36.3 Å². The summed E-state index contributed by atoms with van der Waals surface area (Å²) in [5.74, 6) is 2.15. The van der Waals surface area contributed by atoms with E-state index < -0.39 is 0 Å². The third-order valence-electron chi connectivity index (χ3n) is 7.57. The minimum atomic E-state index is -0.0395. The Hall–Kier alpha value is -2.24. The van der Waals surface area contributed by atoms with Gasteiger partial charge < -0.3 is 15.0 Å². The normalized spacial score (nSPS) is 29.2. The van der Waals surface area contributed by atoms with E-state index in [4.69, 9.17) is 4.74 Å². The summed E-state index contributed by atoms with van der Waals surface area (Å²) < 4.78 is 5.93. The third-order valence-corrected chi connectivity index (χ3v) is 7.57. The largest absolute Gasteiger partial charge is 0.487 e. The first-order chi connectivity index (χ1) is 14.8. The van der Waals surface area contributed by atoms with E-state index >= 15 is 0 Å². The number of carbonyl (C=O) groups is 2. The van der Waals surface area contributed by atoms with Gasteiger partial charge in [-0.25, -0.2) is 4.79 Å². The van der Waals surface area contributed by atoms with Crippen LogP contribution in [0.5, 0.6) is 5.75 Å². The Morgan fingerprint density at radius 3 is 2.55 bits per heavy atom. The predicted octanol–water partition coefficient (Wildman–Crippen LogP) is 4.36. The molecular formula is C25H37N3O3. The molecule has 2 fully saturated rings. The Morgan fingerprint density at radius 2 is 1.81 bits per heavy atom. The van der Waals surface area contributed by atoms with Gasteiger partial charge in [0, 0.05) is 25.0 Å². The standard InChI is InChI=1S/C25H37N3O3/c1-16-8-9-23-22(14-16)28(15-18(3)31-23)25(30)27-12-10-20(11-13-27)24(29)26-21-7-5-6-17(2)19(21)4/h8-9,14,17-21H,5-7,10-13,15H2,1-4H3,(H,26,29). The molecule has 2 heterocycles. The maximum Gasteiger partial charge on any atom is 0.324 e. The molecule has 1 saturated heterocycles. The fourth-order valence-electron chi connectivity index (χ4n) is 5.32. The summed E-state index contributed by atoms with van der Waals surface area (Å²) >= 11 is 0. The van der Waals surface area contributed by atoms with E-state index in [1.807, 2.05) is 41.8 Å².